The van der Waals surface area contributed by atoms with Crippen LogP contribution in [0.3, 0.4) is 0 Å². The minimum Gasteiger partial charge on any atom is -0.481 e. The van der Waals surface area contributed by atoms with Crippen molar-refractivity contribution in [3.63, 3.8) is 0 Å². The summed E-state index contributed by atoms with van der Waals surface area (Å²) in [6.07, 6.45) is 3.51. The number of hydrogen-bond donors (Lipinski definition) is 2. The molecular weight excluding hydrogens is 312 g/mol. The molecule has 6 nitrogen and oxygen atoms in total. The van der Waals surface area contributed by atoms with Gasteiger partial charge in [0.05, 0.1) is 10.4 Å². The smallest absolute Gasteiger partial charge is 0.312 e. The van der Waals surface area contributed by atoms with E-state index in [-0.39, 0.29) is 6.54 Å². The highest BCUT2D eigenvalue weighted by molar-refractivity contribution is 7.92. The van der Waals surface area contributed by atoms with Crippen molar-refractivity contribution in [2.75, 3.05) is 18.1 Å². The molecule has 1 heterocycles. The Labute approximate surface area is 128 Å². The van der Waals surface area contributed by atoms with E-state index in [0.717, 1.165) is 17.7 Å². The average molecular weight is 332 g/mol. The third-order valence-corrected chi connectivity index (χ3v) is 7.16. The van der Waals surface area contributed by atoms with Crippen LogP contribution in [0.4, 0.5) is 5.13 Å². The number of carboxylic acids is 1. The summed E-state index contributed by atoms with van der Waals surface area (Å²) in [5, 5.41) is 12.9. The molecule has 1 aliphatic rings. The summed E-state index contributed by atoms with van der Waals surface area (Å²) in [6, 6.07) is 0. The first-order valence-corrected chi connectivity index (χ1v) is 9.48. The molecular formula is C13H20N2O4S2. The van der Waals surface area contributed by atoms with E-state index >= 15 is 0 Å². The van der Waals surface area contributed by atoms with Crippen molar-refractivity contribution < 1.29 is 18.3 Å². The van der Waals surface area contributed by atoms with E-state index in [9.17, 15) is 18.3 Å². The number of nitrogens with zero attached hydrogens (tertiary/aromatic N) is 1. The minimum atomic E-state index is -3.18. The fourth-order valence-electron chi connectivity index (χ4n) is 2.15. The number of sulfone groups is 1. The lowest BCUT2D eigenvalue weighted by atomic mass is 9.91. The van der Waals surface area contributed by atoms with Gasteiger partial charge < -0.3 is 10.4 Å². The number of anilines is 1. The Bertz CT molecular complexity index is 649. The second-order valence-corrected chi connectivity index (χ2v) is 9.73. The number of aryl methyl sites for hydroxylation is 1. The van der Waals surface area contributed by atoms with Crippen molar-refractivity contribution in [3.05, 3.63) is 10.6 Å². The molecule has 2 N–H and O–H groups in total. The first-order valence-electron chi connectivity index (χ1n) is 6.78. The first kappa shape index (κ1) is 16.2. The molecule has 1 aromatic rings. The van der Waals surface area contributed by atoms with Crippen molar-refractivity contribution in [3.8, 4) is 0 Å². The van der Waals surface area contributed by atoms with Gasteiger partial charge in [-0.25, -0.2) is 13.4 Å². The molecule has 0 spiro atoms. The molecule has 0 amide bonds. The number of thiazole rings is 1. The molecule has 0 saturated heterocycles. The standard InChI is InChI=1S/C13H20N2O4S2/c1-13(2,21(3,18)19)7-14-12-15-10-8(11(16)17)5-4-6-9(10)20-12/h8H,4-7H2,1-3H3,(H,14,15)(H,16,17). The maximum atomic E-state index is 11.7. The van der Waals surface area contributed by atoms with Gasteiger partial charge in [-0.05, 0) is 33.1 Å². The molecule has 8 heteroatoms. The van der Waals surface area contributed by atoms with E-state index in [0.29, 0.717) is 17.2 Å². The predicted molar refractivity (Wildman–Crippen MR) is 82.8 cm³/mol. The van der Waals surface area contributed by atoms with E-state index in [1.807, 2.05) is 0 Å². The molecule has 0 fully saturated rings. The van der Waals surface area contributed by atoms with Crippen LogP contribution in [-0.4, -0.2) is 42.0 Å². The molecule has 1 unspecified atom stereocenters. The highest BCUT2D eigenvalue weighted by Crippen LogP contribution is 2.37. The van der Waals surface area contributed by atoms with E-state index < -0.39 is 26.5 Å². The summed E-state index contributed by atoms with van der Waals surface area (Å²) in [5.74, 6) is -1.38. The summed E-state index contributed by atoms with van der Waals surface area (Å²) in [5.41, 5.74) is 0.637. The molecule has 0 radical (unpaired) electrons. The second kappa shape index (κ2) is 5.57. The Balaban J connectivity index is 2.15. The van der Waals surface area contributed by atoms with Crippen LogP contribution in [0.2, 0.25) is 0 Å². The predicted octanol–water partition coefficient (Wildman–Crippen LogP) is 1.88. The largest absolute Gasteiger partial charge is 0.481 e. The fraction of sp³-hybridized carbons (Fsp3) is 0.692. The van der Waals surface area contributed by atoms with Crippen LogP contribution >= 0.6 is 11.3 Å². The van der Waals surface area contributed by atoms with E-state index in [1.54, 1.807) is 13.8 Å². The number of aliphatic carboxylic acids is 1. The molecule has 0 aliphatic heterocycles. The Hall–Kier alpha value is -1.15. The molecule has 1 aliphatic carbocycles. The zero-order valence-electron chi connectivity index (χ0n) is 12.3. The monoisotopic (exact) mass is 332 g/mol. The van der Waals surface area contributed by atoms with Gasteiger partial charge in [-0.2, -0.15) is 0 Å². The molecule has 0 aromatic carbocycles. The quantitative estimate of drug-likeness (QED) is 0.854. The Morgan fingerprint density at radius 2 is 2.19 bits per heavy atom. The molecule has 118 valence electrons. The maximum Gasteiger partial charge on any atom is 0.312 e. The normalized spacial score (nSPS) is 19.1. The van der Waals surface area contributed by atoms with Crippen molar-refractivity contribution >= 4 is 32.3 Å². The van der Waals surface area contributed by atoms with Crippen LogP contribution in [0.5, 0.6) is 0 Å². The summed E-state index contributed by atoms with van der Waals surface area (Å²) < 4.78 is 22.5. The lowest BCUT2D eigenvalue weighted by Gasteiger charge is -2.22. The third-order valence-electron chi connectivity index (χ3n) is 3.92. The summed E-state index contributed by atoms with van der Waals surface area (Å²) in [6.45, 7) is 3.56. The molecule has 2 rings (SSSR count). The van der Waals surface area contributed by atoms with Crippen molar-refractivity contribution in [1.82, 2.24) is 4.98 Å². The summed E-state index contributed by atoms with van der Waals surface area (Å²) >= 11 is 1.43. The van der Waals surface area contributed by atoms with Crippen LogP contribution in [0.15, 0.2) is 0 Å². The first-order chi connectivity index (χ1) is 9.62. The van der Waals surface area contributed by atoms with Gasteiger partial charge in [0.2, 0.25) is 0 Å². The number of nitrogens with one attached hydrogen (secondary N) is 1. The second-order valence-electron chi connectivity index (χ2n) is 6.00. The van der Waals surface area contributed by atoms with Gasteiger partial charge in [0.15, 0.2) is 15.0 Å². The number of rotatable bonds is 5. The van der Waals surface area contributed by atoms with E-state index in [4.69, 9.17) is 0 Å². The lowest BCUT2D eigenvalue weighted by molar-refractivity contribution is -0.139. The van der Waals surface area contributed by atoms with Crippen molar-refractivity contribution in [2.45, 2.75) is 43.8 Å². The topological polar surface area (TPSA) is 96.4 Å². The van der Waals surface area contributed by atoms with Gasteiger partial charge >= 0.3 is 5.97 Å². The van der Waals surface area contributed by atoms with Gasteiger partial charge in [0, 0.05) is 17.7 Å². The van der Waals surface area contributed by atoms with Crippen LogP contribution in [0.25, 0.3) is 0 Å². The van der Waals surface area contributed by atoms with Gasteiger partial charge in [-0.3, -0.25) is 4.79 Å². The summed E-state index contributed by atoms with van der Waals surface area (Å²) in [7, 11) is -3.18. The van der Waals surface area contributed by atoms with Crippen LogP contribution in [0.1, 0.15) is 43.2 Å². The Morgan fingerprint density at radius 3 is 2.76 bits per heavy atom. The van der Waals surface area contributed by atoms with Crippen molar-refractivity contribution in [2.24, 2.45) is 0 Å². The zero-order valence-corrected chi connectivity index (χ0v) is 14.0. The third kappa shape index (κ3) is 3.37. The summed E-state index contributed by atoms with van der Waals surface area (Å²) in [4.78, 5) is 16.6. The highest BCUT2D eigenvalue weighted by atomic mass is 32.2. The Morgan fingerprint density at radius 1 is 1.52 bits per heavy atom. The molecule has 0 bridgehead atoms. The Kier molecular flexibility index (Phi) is 4.30. The van der Waals surface area contributed by atoms with E-state index in [2.05, 4.69) is 10.3 Å². The average Bonchev–Trinajstić information content (AvgIpc) is 2.77. The number of carboxylic acid groups (broad SMARTS) is 1. The van der Waals surface area contributed by atoms with E-state index in [1.165, 1.54) is 17.6 Å². The SMILES string of the molecule is CC(C)(CNc1nc2c(s1)CCCC2C(=O)O)S(C)(=O)=O. The number of aromatic nitrogens is 1. The number of fused-ring (bicyclic) bond motifs is 1. The van der Waals surface area contributed by atoms with Crippen molar-refractivity contribution in [1.29, 1.82) is 0 Å². The minimum absolute atomic E-state index is 0.246. The number of hydrogen-bond acceptors (Lipinski definition) is 6. The number of carbonyl (C=O) groups is 1. The lowest BCUT2D eigenvalue weighted by Crippen LogP contribution is -2.38. The van der Waals surface area contributed by atoms with Gasteiger partial charge in [-0.1, -0.05) is 0 Å². The van der Waals surface area contributed by atoms with Gasteiger partial charge in [0.25, 0.3) is 0 Å². The van der Waals surface area contributed by atoms with Crippen LogP contribution < -0.4 is 5.32 Å². The molecule has 1 atom stereocenters. The zero-order chi connectivity index (χ0) is 15.8. The van der Waals surface area contributed by atoms with Gasteiger partial charge in [0.1, 0.15) is 5.92 Å². The maximum absolute atomic E-state index is 11.7. The highest BCUT2D eigenvalue weighted by Gasteiger charge is 2.32. The molecule has 21 heavy (non-hydrogen) atoms. The molecule has 0 saturated carbocycles. The van der Waals surface area contributed by atoms with Crippen LogP contribution in [0, 0.1) is 0 Å². The molecule has 1 aromatic heterocycles. The van der Waals surface area contributed by atoms with Gasteiger partial charge in [-0.15, -0.1) is 11.3 Å². The van der Waals surface area contributed by atoms with Crippen LogP contribution in [-0.2, 0) is 21.1 Å². The fourth-order valence-corrected chi connectivity index (χ4v) is 3.55.